The Morgan fingerprint density at radius 2 is 1.68 bits per heavy atom. The smallest absolute Gasteiger partial charge is 0.472 e. The van der Waals surface area contributed by atoms with Crippen molar-refractivity contribution in [3.8, 4) is 22.9 Å². The third-order valence-corrected chi connectivity index (χ3v) is 13.3. The number of carbonyl (C=O) groups is 4. The summed E-state index contributed by atoms with van der Waals surface area (Å²) in [5.41, 5.74) is -0.802. The molecule has 5 atom stereocenters. The number of rotatable bonds is 9. The van der Waals surface area contributed by atoms with Crippen molar-refractivity contribution >= 4 is 50.3 Å². The van der Waals surface area contributed by atoms with Crippen LogP contribution in [-0.2, 0) is 33.9 Å². The number of hydrogen-bond acceptors (Lipinski definition) is 12. The van der Waals surface area contributed by atoms with Gasteiger partial charge in [-0.25, -0.2) is 18.2 Å². The minimum Gasteiger partial charge on any atom is -0.472 e. The van der Waals surface area contributed by atoms with E-state index in [0.717, 1.165) is 5.69 Å². The third-order valence-electron chi connectivity index (χ3n) is 11.5. The normalized spacial score (nSPS) is 24.8. The number of nitrogens with zero attached hydrogens (tertiary/aromatic N) is 3. The average molecular weight is 903 g/mol. The molecular formula is C43H53F3N6O10S. The zero-order valence-corrected chi connectivity index (χ0v) is 36.6. The number of halogens is 3. The summed E-state index contributed by atoms with van der Waals surface area (Å²) in [5.74, 6) is -2.86. The van der Waals surface area contributed by atoms with Crippen molar-refractivity contribution in [2.24, 2.45) is 5.92 Å². The van der Waals surface area contributed by atoms with E-state index in [9.17, 15) is 40.8 Å². The Morgan fingerprint density at radius 1 is 0.984 bits per heavy atom. The average Bonchev–Trinajstić information content (AvgIpc) is 4.12. The van der Waals surface area contributed by atoms with E-state index in [1.807, 2.05) is 31.1 Å². The highest BCUT2D eigenvalue weighted by Gasteiger charge is 2.62. The number of aromatic nitrogens is 1. The molecule has 3 heterocycles. The van der Waals surface area contributed by atoms with E-state index >= 15 is 0 Å². The van der Waals surface area contributed by atoms with Gasteiger partial charge in [0.25, 0.3) is 5.91 Å². The predicted molar refractivity (Wildman–Crippen MR) is 224 cm³/mol. The van der Waals surface area contributed by atoms with Gasteiger partial charge in [0.15, 0.2) is 0 Å². The summed E-state index contributed by atoms with van der Waals surface area (Å²) in [7, 11) is -0.236. The van der Waals surface area contributed by atoms with Gasteiger partial charge in [-0.2, -0.15) is 0 Å². The van der Waals surface area contributed by atoms with Crippen molar-refractivity contribution in [1.82, 2.24) is 25.2 Å². The lowest BCUT2D eigenvalue weighted by molar-refractivity contribution is -0.274. The second kappa shape index (κ2) is 17.7. The fraction of sp³-hybridized carbons (Fsp3) is 0.558. The third kappa shape index (κ3) is 11.1. The number of hydrogen-bond donors (Lipinski definition) is 3. The molecule has 3 N–H and O–H groups in total. The van der Waals surface area contributed by atoms with Crippen molar-refractivity contribution in [3.05, 3.63) is 48.5 Å². The largest absolute Gasteiger partial charge is 0.573 e. The maximum Gasteiger partial charge on any atom is 0.573 e. The van der Waals surface area contributed by atoms with Gasteiger partial charge in [-0.1, -0.05) is 0 Å². The fourth-order valence-corrected chi connectivity index (χ4v) is 9.44. The number of fused-ring (bicyclic) bond motifs is 3. The molecular weight excluding hydrogens is 850 g/mol. The Morgan fingerprint density at radius 3 is 2.33 bits per heavy atom. The molecule has 4 aliphatic rings. The van der Waals surface area contributed by atoms with Crippen LogP contribution in [0.25, 0.3) is 22.0 Å². The molecule has 2 aromatic carbocycles. The SMILES string of the molecule is CN(C)c1ccc2c(O[C@@H]3C[C@H]4C(=O)N[C@]5(C(=O)NS(=O)(=O)C6CC6)C[C@H]5CCCOCCC[C@H](NC(=O)OC(C)(C)C)C(=O)N4C3)nc(-c3ccc(OC(F)(F)F)cc3)cc2c1. The summed E-state index contributed by atoms with van der Waals surface area (Å²) >= 11 is 0. The first-order valence-electron chi connectivity index (χ1n) is 21.0. The molecule has 7 rings (SSSR count). The Bertz CT molecular complexity index is 2340. The first-order chi connectivity index (χ1) is 29.6. The quantitative estimate of drug-likeness (QED) is 0.255. The first kappa shape index (κ1) is 45.6. The highest BCUT2D eigenvalue weighted by molar-refractivity contribution is 7.91. The molecule has 0 spiro atoms. The monoisotopic (exact) mass is 902 g/mol. The Labute approximate surface area is 363 Å². The molecule has 0 bridgehead atoms. The zero-order chi connectivity index (χ0) is 45.5. The number of benzene rings is 2. The predicted octanol–water partition coefficient (Wildman–Crippen LogP) is 5.18. The van der Waals surface area contributed by atoms with Gasteiger partial charge < -0.3 is 39.4 Å². The molecule has 16 nitrogen and oxygen atoms in total. The minimum atomic E-state index is -4.88. The number of ether oxygens (including phenoxy) is 4. The van der Waals surface area contributed by atoms with E-state index in [4.69, 9.17) is 19.2 Å². The van der Waals surface area contributed by atoms with Crippen molar-refractivity contribution in [2.45, 2.75) is 113 Å². The van der Waals surface area contributed by atoms with Crippen LogP contribution in [0.15, 0.2) is 48.5 Å². The van der Waals surface area contributed by atoms with Crippen LogP contribution in [0.3, 0.4) is 0 Å². The summed E-state index contributed by atoms with van der Waals surface area (Å²) in [6.07, 6.45) is -4.18. The van der Waals surface area contributed by atoms with Gasteiger partial charge in [0.05, 0.1) is 17.5 Å². The summed E-state index contributed by atoms with van der Waals surface area (Å²) in [4.78, 5) is 64.2. The molecule has 2 saturated heterocycles. The number of carbonyl (C=O) groups excluding carboxylic acids is 4. The lowest BCUT2D eigenvalue weighted by atomic mass is 10.1. The molecule has 0 unspecified atom stereocenters. The van der Waals surface area contributed by atoms with Crippen molar-refractivity contribution in [3.63, 3.8) is 0 Å². The number of nitrogens with one attached hydrogen (secondary N) is 3. The van der Waals surface area contributed by atoms with E-state index < -0.39 is 86.4 Å². The standard InChI is InChI=1S/C43H53F3N6O10S/c1-41(2,3)62-40(56)48-33-9-7-19-59-18-6-8-27-23-42(27,39(55)50-63(57,58)31-15-16-31)49-36(53)35-22-30(24-52(35)38(33)54)60-37-32-17-12-28(51(4)5)20-26(32)21-34(47-37)25-10-13-29(14-11-25)61-43(44,45)46/h10-14,17,20-21,27,30-31,33,35H,6-9,15-16,18-19,22-24H2,1-5H3,(H,48,56)(H,49,53)(H,50,55)/t27-,30-,33+,35+,42-/m1/s1. The van der Waals surface area contributed by atoms with Crippen molar-refractivity contribution < 1.29 is 59.7 Å². The first-order valence-corrected chi connectivity index (χ1v) is 22.6. The molecule has 4 fully saturated rings. The van der Waals surface area contributed by atoms with Gasteiger partial charge in [0.2, 0.25) is 27.7 Å². The molecule has 1 aromatic heterocycles. The number of alkyl halides is 3. The molecule has 2 aliphatic heterocycles. The maximum absolute atomic E-state index is 14.7. The number of alkyl carbamates (subject to hydrolysis) is 1. The van der Waals surface area contributed by atoms with Crippen LogP contribution in [0.2, 0.25) is 0 Å². The van der Waals surface area contributed by atoms with Crippen LogP contribution in [0.5, 0.6) is 11.6 Å². The lowest BCUT2D eigenvalue weighted by Crippen LogP contribution is -2.58. The number of anilines is 1. The Balaban J connectivity index is 1.23. The van der Waals surface area contributed by atoms with Crippen molar-refractivity contribution in [1.29, 1.82) is 0 Å². The van der Waals surface area contributed by atoms with E-state index in [1.54, 1.807) is 32.9 Å². The van der Waals surface area contributed by atoms with E-state index in [-0.39, 0.29) is 38.3 Å². The van der Waals surface area contributed by atoms with Crippen LogP contribution in [0, 0.1) is 5.92 Å². The maximum atomic E-state index is 14.7. The highest BCUT2D eigenvalue weighted by atomic mass is 32.2. The van der Waals surface area contributed by atoms with Crippen LogP contribution in [-0.4, -0.2) is 117 Å². The van der Waals surface area contributed by atoms with Crippen LogP contribution < -0.4 is 29.7 Å². The van der Waals surface area contributed by atoms with Gasteiger partial charge in [0.1, 0.15) is 35.1 Å². The topological polar surface area (TPSA) is 195 Å². The molecule has 0 radical (unpaired) electrons. The minimum absolute atomic E-state index is 0.0881. The summed E-state index contributed by atoms with van der Waals surface area (Å²) in [6, 6.07) is 10.1. The van der Waals surface area contributed by atoms with Gasteiger partial charge in [-0.05, 0) is 126 Å². The van der Waals surface area contributed by atoms with Gasteiger partial charge >= 0.3 is 12.5 Å². The molecule has 4 amide bonds. The summed E-state index contributed by atoms with van der Waals surface area (Å²) in [5, 5.41) is 6.10. The molecule has 3 aromatic rings. The van der Waals surface area contributed by atoms with E-state index in [1.165, 1.54) is 29.2 Å². The Hall–Kier alpha value is -5.37. The lowest BCUT2D eigenvalue weighted by Gasteiger charge is -2.30. The second-order valence-electron chi connectivity index (χ2n) is 17.8. The van der Waals surface area contributed by atoms with Gasteiger partial charge in [0, 0.05) is 50.4 Å². The Kier molecular flexibility index (Phi) is 12.8. The van der Waals surface area contributed by atoms with Crippen LogP contribution in [0.1, 0.15) is 72.1 Å². The van der Waals surface area contributed by atoms with Crippen LogP contribution >= 0.6 is 0 Å². The fourth-order valence-electron chi connectivity index (χ4n) is 8.07. The number of pyridine rings is 1. The van der Waals surface area contributed by atoms with E-state index in [2.05, 4.69) is 20.1 Å². The molecule has 342 valence electrons. The number of amides is 4. The second-order valence-corrected chi connectivity index (χ2v) is 19.8. The zero-order valence-electron chi connectivity index (χ0n) is 35.7. The van der Waals surface area contributed by atoms with Gasteiger partial charge in [-0.3, -0.25) is 19.1 Å². The molecule has 63 heavy (non-hydrogen) atoms. The highest BCUT2D eigenvalue weighted by Crippen LogP contribution is 2.48. The molecule has 20 heteroatoms. The van der Waals surface area contributed by atoms with Crippen molar-refractivity contribution in [2.75, 3.05) is 38.8 Å². The van der Waals surface area contributed by atoms with E-state index in [0.29, 0.717) is 60.7 Å². The number of sulfonamides is 1. The summed E-state index contributed by atoms with van der Waals surface area (Å²) < 4.78 is 88.9. The molecule has 2 saturated carbocycles. The summed E-state index contributed by atoms with van der Waals surface area (Å²) in [6.45, 7) is 5.46. The van der Waals surface area contributed by atoms with Crippen LogP contribution in [0.4, 0.5) is 23.7 Å². The van der Waals surface area contributed by atoms with Gasteiger partial charge in [-0.15, -0.1) is 13.2 Å². The molecule has 2 aliphatic carbocycles.